The number of aliphatic hydroxyl groups is 1. The first-order valence-electron chi connectivity index (χ1n) is 6.86. The van der Waals surface area contributed by atoms with Crippen molar-refractivity contribution in [1.82, 2.24) is 0 Å². The zero-order chi connectivity index (χ0) is 14.3. The van der Waals surface area contributed by atoms with Gasteiger partial charge in [-0.3, -0.25) is 0 Å². The van der Waals surface area contributed by atoms with Gasteiger partial charge in [-0.05, 0) is 42.2 Å². The van der Waals surface area contributed by atoms with Crippen LogP contribution >= 0.6 is 11.6 Å². The minimum atomic E-state index is -0.779. The highest BCUT2D eigenvalue weighted by Crippen LogP contribution is 2.45. The molecule has 19 heavy (non-hydrogen) atoms. The molecule has 1 aromatic carbocycles. The second-order valence-electron chi connectivity index (χ2n) is 6.97. The van der Waals surface area contributed by atoms with Crippen molar-refractivity contribution >= 4 is 11.6 Å². The largest absolute Gasteiger partial charge is 0.390 e. The molecule has 3 heteroatoms. The highest BCUT2D eigenvalue weighted by atomic mass is 35.5. The number of rotatable bonds is 2. The molecule has 106 valence electrons. The van der Waals surface area contributed by atoms with Gasteiger partial charge in [-0.1, -0.05) is 44.5 Å². The summed E-state index contributed by atoms with van der Waals surface area (Å²) in [5.41, 5.74) is 0.0410. The maximum Gasteiger partial charge on any atom is 0.142 e. The van der Waals surface area contributed by atoms with Gasteiger partial charge in [-0.2, -0.15) is 0 Å². The number of hydrogen-bond donors (Lipinski definition) is 1. The summed E-state index contributed by atoms with van der Waals surface area (Å²) in [5, 5.41) is 11.0. The first kappa shape index (κ1) is 14.8. The lowest BCUT2D eigenvalue weighted by Crippen LogP contribution is -2.43. The average molecular weight is 285 g/mol. The van der Waals surface area contributed by atoms with E-state index in [-0.39, 0.29) is 10.4 Å². The number of halogens is 2. The number of hydrogen-bond acceptors (Lipinski definition) is 1. The third-order valence-electron chi connectivity index (χ3n) is 3.99. The lowest BCUT2D eigenvalue weighted by atomic mass is 9.64. The van der Waals surface area contributed by atoms with E-state index in [4.69, 9.17) is 11.6 Å². The molecule has 0 radical (unpaired) electrons. The van der Waals surface area contributed by atoms with E-state index in [1.54, 1.807) is 12.1 Å². The zero-order valence-electron chi connectivity index (χ0n) is 11.8. The van der Waals surface area contributed by atoms with E-state index in [2.05, 4.69) is 20.8 Å². The summed E-state index contributed by atoms with van der Waals surface area (Å²) in [6.07, 6.45) is 3.03. The Hall–Kier alpha value is -0.600. The van der Waals surface area contributed by atoms with Gasteiger partial charge >= 0.3 is 0 Å². The van der Waals surface area contributed by atoms with Crippen LogP contribution in [0.1, 0.15) is 45.6 Å². The fourth-order valence-electron chi connectivity index (χ4n) is 3.87. The number of benzene rings is 1. The molecule has 1 N–H and O–H groups in total. The van der Waals surface area contributed by atoms with Crippen LogP contribution in [0.15, 0.2) is 18.2 Å². The van der Waals surface area contributed by atoms with Gasteiger partial charge in [0.15, 0.2) is 0 Å². The SMILES string of the molecule is CC1CC(C)(C)CC(O)(Cc2cccc(F)c2Cl)C1. The van der Waals surface area contributed by atoms with Gasteiger partial charge in [-0.25, -0.2) is 4.39 Å². The summed E-state index contributed by atoms with van der Waals surface area (Å²) in [6, 6.07) is 4.80. The van der Waals surface area contributed by atoms with Gasteiger partial charge in [-0.15, -0.1) is 0 Å². The van der Waals surface area contributed by atoms with Gasteiger partial charge in [0.25, 0.3) is 0 Å². The standard InChI is InChI=1S/C16H22ClFO/c1-11-7-15(2,3)10-16(19,8-11)9-12-5-4-6-13(18)14(12)17/h4-6,11,19H,7-10H2,1-3H3. The fourth-order valence-corrected chi connectivity index (χ4v) is 4.07. The molecule has 1 aliphatic carbocycles. The van der Waals surface area contributed by atoms with Crippen LogP contribution < -0.4 is 0 Å². The van der Waals surface area contributed by atoms with Gasteiger partial charge in [0.1, 0.15) is 5.82 Å². The lowest BCUT2D eigenvalue weighted by Gasteiger charge is -2.45. The van der Waals surface area contributed by atoms with Crippen LogP contribution in [0.2, 0.25) is 5.02 Å². The quantitative estimate of drug-likeness (QED) is 0.841. The van der Waals surface area contributed by atoms with Crippen molar-refractivity contribution < 1.29 is 9.50 Å². The smallest absolute Gasteiger partial charge is 0.142 e. The summed E-state index contributed by atoms with van der Waals surface area (Å²) < 4.78 is 13.5. The van der Waals surface area contributed by atoms with E-state index in [0.717, 1.165) is 19.3 Å². The van der Waals surface area contributed by atoms with Crippen LogP contribution in [0.25, 0.3) is 0 Å². The molecule has 2 unspecified atom stereocenters. The van der Waals surface area contributed by atoms with Crippen molar-refractivity contribution in [2.24, 2.45) is 11.3 Å². The molecule has 0 amide bonds. The molecular weight excluding hydrogens is 263 g/mol. The van der Waals surface area contributed by atoms with Crippen LogP contribution in [0.4, 0.5) is 4.39 Å². The van der Waals surface area contributed by atoms with E-state index >= 15 is 0 Å². The van der Waals surface area contributed by atoms with Crippen LogP contribution in [0.3, 0.4) is 0 Å². The molecule has 0 aliphatic heterocycles. The van der Waals surface area contributed by atoms with E-state index in [9.17, 15) is 9.50 Å². The first-order chi connectivity index (χ1) is 8.71. The summed E-state index contributed by atoms with van der Waals surface area (Å²) in [7, 11) is 0. The molecule has 1 nitrogen and oxygen atoms in total. The molecule has 0 bridgehead atoms. The van der Waals surface area contributed by atoms with Crippen molar-refractivity contribution in [1.29, 1.82) is 0 Å². The lowest BCUT2D eigenvalue weighted by molar-refractivity contribution is -0.0574. The summed E-state index contributed by atoms with van der Waals surface area (Å²) in [5.74, 6) is 0.0620. The summed E-state index contributed by atoms with van der Waals surface area (Å²) in [4.78, 5) is 0. The van der Waals surface area contributed by atoms with Crippen molar-refractivity contribution in [2.45, 2.75) is 52.1 Å². The molecule has 1 aromatic rings. The normalized spacial score (nSPS) is 30.3. The van der Waals surface area contributed by atoms with Gasteiger partial charge in [0, 0.05) is 6.42 Å². The minimum Gasteiger partial charge on any atom is -0.390 e. The first-order valence-corrected chi connectivity index (χ1v) is 7.24. The van der Waals surface area contributed by atoms with Crippen LogP contribution in [0.5, 0.6) is 0 Å². The Morgan fingerprint density at radius 3 is 2.68 bits per heavy atom. The third kappa shape index (κ3) is 3.49. The van der Waals surface area contributed by atoms with Crippen molar-refractivity contribution in [2.75, 3.05) is 0 Å². The zero-order valence-corrected chi connectivity index (χ0v) is 12.6. The third-order valence-corrected chi connectivity index (χ3v) is 4.41. The molecule has 1 saturated carbocycles. The van der Waals surface area contributed by atoms with Gasteiger partial charge in [0.05, 0.1) is 10.6 Å². The highest BCUT2D eigenvalue weighted by Gasteiger charge is 2.41. The maximum absolute atomic E-state index is 13.5. The Balaban J connectivity index is 2.23. The van der Waals surface area contributed by atoms with Crippen LogP contribution in [-0.2, 0) is 6.42 Å². The summed E-state index contributed by atoms with van der Waals surface area (Å²) >= 11 is 6.00. The van der Waals surface area contributed by atoms with E-state index in [0.29, 0.717) is 17.9 Å². The van der Waals surface area contributed by atoms with E-state index in [1.165, 1.54) is 6.07 Å². The van der Waals surface area contributed by atoms with Crippen molar-refractivity contribution in [3.63, 3.8) is 0 Å². The van der Waals surface area contributed by atoms with Gasteiger partial charge < -0.3 is 5.11 Å². The summed E-state index contributed by atoms with van der Waals surface area (Å²) in [6.45, 7) is 6.53. The highest BCUT2D eigenvalue weighted by molar-refractivity contribution is 6.31. The monoisotopic (exact) mass is 284 g/mol. The Morgan fingerprint density at radius 2 is 2.05 bits per heavy atom. The maximum atomic E-state index is 13.5. The van der Waals surface area contributed by atoms with E-state index in [1.807, 2.05) is 0 Å². The van der Waals surface area contributed by atoms with Crippen LogP contribution in [0, 0.1) is 17.2 Å². The fraction of sp³-hybridized carbons (Fsp3) is 0.625. The molecule has 0 aromatic heterocycles. The molecule has 2 rings (SSSR count). The Bertz CT molecular complexity index is 472. The Kier molecular flexibility index (Phi) is 3.95. The second kappa shape index (κ2) is 5.06. The van der Waals surface area contributed by atoms with E-state index < -0.39 is 11.4 Å². The van der Waals surface area contributed by atoms with Crippen LogP contribution in [-0.4, -0.2) is 10.7 Å². The van der Waals surface area contributed by atoms with Gasteiger partial charge in [0.2, 0.25) is 0 Å². The average Bonchev–Trinajstić information content (AvgIpc) is 2.20. The minimum absolute atomic E-state index is 0.117. The molecule has 0 spiro atoms. The topological polar surface area (TPSA) is 20.2 Å². The predicted octanol–water partition coefficient (Wildman–Crippen LogP) is 4.60. The Morgan fingerprint density at radius 1 is 1.37 bits per heavy atom. The van der Waals surface area contributed by atoms with Crippen molar-refractivity contribution in [3.8, 4) is 0 Å². The second-order valence-corrected chi connectivity index (χ2v) is 7.35. The molecular formula is C16H22ClFO. The molecule has 2 atom stereocenters. The molecule has 1 fully saturated rings. The molecule has 1 aliphatic rings. The molecule has 0 saturated heterocycles. The predicted molar refractivity (Wildman–Crippen MR) is 76.9 cm³/mol. The van der Waals surface area contributed by atoms with Crippen molar-refractivity contribution in [3.05, 3.63) is 34.6 Å². The molecule has 0 heterocycles. The Labute approximate surface area is 119 Å².